The van der Waals surface area contributed by atoms with Crippen molar-refractivity contribution in [3.8, 4) is 11.3 Å². The Kier molecular flexibility index (Phi) is 4.20. The van der Waals surface area contributed by atoms with Crippen LogP contribution in [0.1, 0.15) is 21.5 Å². The van der Waals surface area contributed by atoms with Crippen LogP contribution in [0.3, 0.4) is 0 Å². The van der Waals surface area contributed by atoms with E-state index in [1.807, 2.05) is 60.8 Å². The molecule has 1 amide bonds. The van der Waals surface area contributed by atoms with Crippen LogP contribution in [-0.2, 0) is 0 Å². The minimum absolute atomic E-state index is 0.256. The molecule has 0 unspecified atom stereocenters. The fraction of sp³-hybridized carbons (Fsp3) is 0.0909. The maximum Gasteiger partial charge on any atom is 0.256 e. The Morgan fingerprint density at radius 1 is 1.00 bits per heavy atom. The molecule has 134 valence electrons. The number of hydrogen-bond donors (Lipinski definition) is 1. The van der Waals surface area contributed by atoms with Gasteiger partial charge in [0.2, 0.25) is 0 Å². The smallest absolute Gasteiger partial charge is 0.256 e. The number of carbonyl (C=O) groups excluding carboxylic acids is 1. The number of halogens is 1. The SMILES string of the molecule is Cc1ccc(-c2nc3cc(C)ccn3c2NC(=O)c2cccc(F)c2)cc1. The maximum absolute atomic E-state index is 13.5. The van der Waals surface area contributed by atoms with Crippen molar-refractivity contribution in [1.82, 2.24) is 9.38 Å². The number of amides is 1. The van der Waals surface area contributed by atoms with Crippen molar-refractivity contribution >= 4 is 17.4 Å². The largest absolute Gasteiger partial charge is 0.306 e. The van der Waals surface area contributed by atoms with E-state index in [-0.39, 0.29) is 11.5 Å². The molecule has 0 spiro atoms. The number of anilines is 1. The summed E-state index contributed by atoms with van der Waals surface area (Å²) >= 11 is 0. The van der Waals surface area contributed by atoms with E-state index in [1.165, 1.54) is 18.2 Å². The minimum atomic E-state index is -0.449. The van der Waals surface area contributed by atoms with Crippen LogP contribution < -0.4 is 5.32 Å². The molecule has 2 aromatic heterocycles. The van der Waals surface area contributed by atoms with Crippen LogP contribution >= 0.6 is 0 Å². The van der Waals surface area contributed by atoms with Gasteiger partial charge < -0.3 is 5.32 Å². The third kappa shape index (κ3) is 3.31. The number of aryl methyl sites for hydroxylation is 2. The third-order valence-electron chi connectivity index (χ3n) is 4.43. The van der Waals surface area contributed by atoms with Crippen molar-refractivity contribution in [1.29, 1.82) is 0 Å². The minimum Gasteiger partial charge on any atom is -0.306 e. The molecule has 5 heteroatoms. The maximum atomic E-state index is 13.5. The zero-order valence-corrected chi connectivity index (χ0v) is 15.0. The Balaban J connectivity index is 1.83. The van der Waals surface area contributed by atoms with Crippen molar-refractivity contribution in [3.05, 3.63) is 89.4 Å². The van der Waals surface area contributed by atoms with Crippen LogP contribution in [0.2, 0.25) is 0 Å². The molecule has 0 saturated heterocycles. The van der Waals surface area contributed by atoms with E-state index in [4.69, 9.17) is 4.98 Å². The Morgan fingerprint density at radius 3 is 2.52 bits per heavy atom. The van der Waals surface area contributed by atoms with Gasteiger partial charge in [-0.15, -0.1) is 0 Å². The van der Waals surface area contributed by atoms with Gasteiger partial charge in [-0.3, -0.25) is 9.20 Å². The zero-order chi connectivity index (χ0) is 19.0. The first kappa shape index (κ1) is 17.0. The van der Waals surface area contributed by atoms with Crippen LogP contribution in [0, 0.1) is 19.7 Å². The van der Waals surface area contributed by atoms with Gasteiger partial charge in [-0.25, -0.2) is 9.37 Å². The summed E-state index contributed by atoms with van der Waals surface area (Å²) < 4.78 is 15.3. The van der Waals surface area contributed by atoms with Crippen molar-refractivity contribution in [2.24, 2.45) is 0 Å². The number of imidazole rings is 1. The molecule has 0 bridgehead atoms. The average Bonchev–Trinajstić information content (AvgIpc) is 2.99. The molecule has 0 atom stereocenters. The topological polar surface area (TPSA) is 46.4 Å². The van der Waals surface area contributed by atoms with E-state index < -0.39 is 5.82 Å². The molecule has 0 aliphatic rings. The van der Waals surface area contributed by atoms with E-state index in [1.54, 1.807) is 6.07 Å². The van der Waals surface area contributed by atoms with Crippen LogP contribution in [0.25, 0.3) is 16.9 Å². The van der Waals surface area contributed by atoms with Crippen LogP contribution in [0.5, 0.6) is 0 Å². The quantitative estimate of drug-likeness (QED) is 0.559. The molecule has 4 rings (SSSR count). The normalized spacial score (nSPS) is 10.9. The second-order valence-corrected chi connectivity index (χ2v) is 6.57. The molecule has 27 heavy (non-hydrogen) atoms. The molecule has 2 aromatic carbocycles. The fourth-order valence-corrected chi connectivity index (χ4v) is 2.99. The Bertz CT molecular complexity index is 1150. The lowest BCUT2D eigenvalue weighted by molar-refractivity contribution is 0.102. The van der Waals surface area contributed by atoms with E-state index in [9.17, 15) is 9.18 Å². The van der Waals surface area contributed by atoms with Crippen molar-refractivity contribution in [2.45, 2.75) is 13.8 Å². The van der Waals surface area contributed by atoms with Crippen LogP contribution in [-0.4, -0.2) is 15.3 Å². The van der Waals surface area contributed by atoms with E-state index >= 15 is 0 Å². The molecule has 0 radical (unpaired) electrons. The van der Waals surface area contributed by atoms with Gasteiger partial charge in [-0.2, -0.15) is 0 Å². The summed E-state index contributed by atoms with van der Waals surface area (Å²) in [6.45, 7) is 4.01. The summed E-state index contributed by atoms with van der Waals surface area (Å²) in [6.07, 6.45) is 1.87. The molecule has 4 nitrogen and oxygen atoms in total. The van der Waals surface area contributed by atoms with Crippen LogP contribution in [0.4, 0.5) is 10.2 Å². The highest BCUT2D eigenvalue weighted by atomic mass is 19.1. The summed E-state index contributed by atoms with van der Waals surface area (Å²) in [7, 11) is 0. The lowest BCUT2D eigenvalue weighted by Crippen LogP contribution is -2.14. The first-order chi connectivity index (χ1) is 13.0. The zero-order valence-electron chi connectivity index (χ0n) is 15.0. The second kappa shape index (κ2) is 6.68. The highest BCUT2D eigenvalue weighted by Gasteiger charge is 2.17. The second-order valence-electron chi connectivity index (χ2n) is 6.57. The number of benzene rings is 2. The number of hydrogen-bond acceptors (Lipinski definition) is 2. The first-order valence-corrected chi connectivity index (χ1v) is 8.64. The fourth-order valence-electron chi connectivity index (χ4n) is 2.99. The summed E-state index contributed by atoms with van der Waals surface area (Å²) in [4.78, 5) is 17.4. The first-order valence-electron chi connectivity index (χ1n) is 8.64. The monoisotopic (exact) mass is 359 g/mol. The van der Waals surface area contributed by atoms with E-state index in [0.29, 0.717) is 11.5 Å². The van der Waals surface area contributed by atoms with E-state index in [0.717, 1.165) is 22.3 Å². The van der Waals surface area contributed by atoms with Gasteiger partial charge >= 0.3 is 0 Å². The molecule has 2 heterocycles. The molecular weight excluding hydrogens is 341 g/mol. The number of carbonyl (C=O) groups is 1. The van der Waals surface area contributed by atoms with Gasteiger partial charge in [0.05, 0.1) is 0 Å². The van der Waals surface area contributed by atoms with Crippen molar-refractivity contribution in [3.63, 3.8) is 0 Å². The molecule has 4 aromatic rings. The van der Waals surface area contributed by atoms with Crippen molar-refractivity contribution in [2.75, 3.05) is 5.32 Å². The number of aromatic nitrogens is 2. The summed E-state index contributed by atoms with van der Waals surface area (Å²) in [6, 6.07) is 17.5. The molecule has 0 fully saturated rings. The third-order valence-corrected chi connectivity index (χ3v) is 4.43. The number of rotatable bonds is 3. The van der Waals surface area contributed by atoms with Gasteiger partial charge in [-0.1, -0.05) is 35.9 Å². The highest BCUT2D eigenvalue weighted by molar-refractivity contribution is 6.05. The van der Waals surface area contributed by atoms with Gasteiger partial charge in [0, 0.05) is 17.3 Å². The Morgan fingerprint density at radius 2 is 1.78 bits per heavy atom. The lowest BCUT2D eigenvalue weighted by atomic mass is 10.1. The van der Waals surface area contributed by atoms with Gasteiger partial charge in [-0.05, 0) is 49.7 Å². The Labute approximate surface area is 156 Å². The predicted octanol–water partition coefficient (Wildman–Crippen LogP) is 5.01. The van der Waals surface area contributed by atoms with Crippen molar-refractivity contribution < 1.29 is 9.18 Å². The predicted molar refractivity (Wildman–Crippen MR) is 104 cm³/mol. The summed E-state index contributed by atoms with van der Waals surface area (Å²) in [5, 5.41) is 2.90. The van der Waals surface area contributed by atoms with Crippen LogP contribution in [0.15, 0.2) is 66.9 Å². The molecular formula is C22H18FN3O. The average molecular weight is 359 g/mol. The molecule has 1 N–H and O–H groups in total. The van der Waals surface area contributed by atoms with Gasteiger partial charge in [0.15, 0.2) is 0 Å². The number of pyridine rings is 1. The van der Waals surface area contributed by atoms with E-state index in [2.05, 4.69) is 5.32 Å². The summed E-state index contributed by atoms with van der Waals surface area (Å²) in [5.41, 5.74) is 4.78. The number of nitrogens with zero attached hydrogens (tertiary/aromatic N) is 2. The lowest BCUT2D eigenvalue weighted by Gasteiger charge is -2.08. The molecule has 0 aliphatic heterocycles. The molecule has 0 saturated carbocycles. The summed E-state index contributed by atoms with van der Waals surface area (Å²) in [5.74, 6) is -0.275. The highest BCUT2D eigenvalue weighted by Crippen LogP contribution is 2.29. The number of nitrogens with one attached hydrogen (secondary N) is 1. The van der Waals surface area contributed by atoms with Gasteiger partial charge in [0.1, 0.15) is 23.0 Å². The number of fused-ring (bicyclic) bond motifs is 1. The standard InChI is InChI=1S/C22H18FN3O/c1-14-6-8-16(9-7-14)20-21(26-11-10-15(2)12-19(26)24-20)25-22(27)17-4-3-5-18(23)13-17/h3-13H,1-2H3,(H,25,27). The Hall–Kier alpha value is -3.47. The van der Waals surface area contributed by atoms with Gasteiger partial charge in [0.25, 0.3) is 5.91 Å². The molecule has 0 aliphatic carbocycles.